The molecule has 0 atom stereocenters. The molecular formula is C15H18N12O4. The first-order valence-electron chi connectivity index (χ1n) is 8.65. The van der Waals surface area contributed by atoms with Crippen LogP contribution in [0, 0.1) is 0 Å². The Morgan fingerprint density at radius 2 is 1.32 bits per heavy atom. The van der Waals surface area contributed by atoms with E-state index in [1.54, 1.807) is 14.1 Å². The average Bonchev–Trinajstić information content (AvgIpc) is 3.38. The van der Waals surface area contributed by atoms with Gasteiger partial charge in [-0.05, 0) is 0 Å². The third-order valence-corrected chi connectivity index (χ3v) is 4.05. The predicted octanol–water partition coefficient (Wildman–Crippen LogP) is -3.29. The van der Waals surface area contributed by atoms with Gasteiger partial charge in [0.25, 0.3) is 11.8 Å². The molecule has 0 unspecified atom stereocenters. The van der Waals surface area contributed by atoms with Crippen LogP contribution in [0.3, 0.4) is 0 Å². The van der Waals surface area contributed by atoms with Crippen molar-refractivity contribution < 1.29 is 9.59 Å². The SMILES string of the molecule is CN(C)C(=O)c1ncn2c(=O)n(C)nnc12.CNC(=O)c1ncn2c(=O)n(C)nnc12. The second-order valence-corrected chi connectivity index (χ2v) is 6.34. The molecule has 16 nitrogen and oxygen atoms in total. The van der Waals surface area contributed by atoms with Crippen LogP contribution in [0.4, 0.5) is 0 Å². The van der Waals surface area contributed by atoms with Gasteiger partial charge in [-0.3, -0.25) is 9.59 Å². The number of fused-ring (bicyclic) bond motifs is 2. The molecule has 16 heteroatoms. The molecule has 0 saturated heterocycles. The highest BCUT2D eigenvalue weighted by Gasteiger charge is 2.18. The van der Waals surface area contributed by atoms with Crippen molar-refractivity contribution in [2.24, 2.45) is 14.1 Å². The molecule has 1 N–H and O–H groups in total. The van der Waals surface area contributed by atoms with Crippen molar-refractivity contribution in [2.45, 2.75) is 0 Å². The van der Waals surface area contributed by atoms with E-state index >= 15 is 0 Å². The number of carbonyl (C=O) groups excluding carboxylic acids is 2. The molecule has 2 amide bonds. The lowest BCUT2D eigenvalue weighted by molar-refractivity contribution is 0.0823. The Bertz CT molecular complexity index is 1410. The molecule has 0 saturated carbocycles. The Hall–Kier alpha value is -4.50. The standard InChI is InChI=1S/C8H10N6O2.C7H8N6O2/c1-12(2)7(15)5-6-10-11-13(3)8(16)14(6)4-9-5;1-8-6(14)4-5-10-11-12(2)7(15)13(5)3-9-4/h4H,1-3H3;3H,1-2H3,(H,8,14). The number of imidazole rings is 2. The minimum absolute atomic E-state index is 0.0858. The van der Waals surface area contributed by atoms with Crippen LogP contribution in [0.5, 0.6) is 0 Å². The monoisotopic (exact) mass is 430 g/mol. The van der Waals surface area contributed by atoms with E-state index in [4.69, 9.17) is 0 Å². The topological polar surface area (TPSA) is 180 Å². The molecule has 31 heavy (non-hydrogen) atoms. The van der Waals surface area contributed by atoms with Crippen LogP contribution in [-0.2, 0) is 14.1 Å². The number of rotatable bonds is 2. The summed E-state index contributed by atoms with van der Waals surface area (Å²) < 4.78 is 4.47. The van der Waals surface area contributed by atoms with Gasteiger partial charge in [-0.2, -0.15) is 9.36 Å². The summed E-state index contributed by atoms with van der Waals surface area (Å²) in [5, 5.41) is 17.1. The van der Waals surface area contributed by atoms with Gasteiger partial charge in [0.15, 0.2) is 22.7 Å². The summed E-state index contributed by atoms with van der Waals surface area (Å²) in [5.41, 5.74) is -0.268. The lowest BCUT2D eigenvalue weighted by atomic mass is 10.4. The van der Waals surface area contributed by atoms with Gasteiger partial charge >= 0.3 is 11.4 Å². The predicted molar refractivity (Wildman–Crippen MR) is 103 cm³/mol. The molecule has 4 aromatic rings. The second kappa shape index (κ2) is 8.09. The van der Waals surface area contributed by atoms with E-state index < -0.39 is 17.3 Å². The zero-order valence-corrected chi connectivity index (χ0v) is 17.2. The number of hydrogen-bond acceptors (Lipinski definition) is 10. The van der Waals surface area contributed by atoms with Crippen molar-refractivity contribution >= 4 is 23.1 Å². The highest BCUT2D eigenvalue weighted by Crippen LogP contribution is 2.04. The number of amides is 2. The third kappa shape index (κ3) is 3.72. The average molecular weight is 430 g/mol. The quantitative estimate of drug-likeness (QED) is 0.338. The van der Waals surface area contributed by atoms with Gasteiger partial charge in [0.05, 0.1) is 0 Å². The molecule has 0 aliphatic carbocycles. The van der Waals surface area contributed by atoms with E-state index in [-0.39, 0.29) is 28.6 Å². The molecule has 0 aliphatic heterocycles. The molecule has 4 aromatic heterocycles. The third-order valence-electron chi connectivity index (χ3n) is 4.05. The van der Waals surface area contributed by atoms with E-state index in [9.17, 15) is 19.2 Å². The molecule has 0 aromatic carbocycles. The molecule has 0 radical (unpaired) electrons. The molecule has 4 rings (SSSR count). The minimum atomic E-state index is -0.403. The Balaban J connectivity index is 0.000000176. The summed E-state index contributed by atoms with van der Waals surface area (Å²) in [4.78, 5) is 55.1. The fraction of sp³-hybridized carbons (Fsp3) is 0.333. The van der Waals surface area contributed by atoms with E-state index in [2.05, 4.69) is 35.9 Å². The minimum Gasteiger partial charge on any atom is -0.354 e. The highest BCUT2D eigenvalue weighted by atomic mass is 16.2. The summed E-state index contributed by atoms with van der Waals surface area (Å²) in [6, 6.07) is 0. The summed E-state index contributed by atoms with van der Waals surface area (Å²) in [6.45, 7) is 0. The van der Waals surface area contributed by atoms with Crippen molar-refractivity contribution in [1.82, 2.24) is 59.0 Å². The Morgan fingerprint density at radius 3 is 1.77 bits per heavy atom. The number of aryl methyl sites for hydroxylation is 2. The highest BCUT2D eigenvalue weighted by molar-refractivity contribution is 5.98. The molecule has 0 spiro atoms. The normalized spacial score (nSPS) is 10.6. The first-order valence-corrected chi connectivity index (χ1v) is 8.65. The van der Waals surface area contributed by atoms with Gasteiger partial charge in [-0.1, -0.05) is 10.4 Å². The molecule has 0 fully saturated rings. The number of nitrogens with zero attached hydrogens (tertiary/aromatic N) is 11. The molecule has 0 bridgehead atoms. The van der Waals surface area contributed by atoms with E-state index in [1.807, 2.05) is 0 Å². The van der Waals surface area contributed by atoms with Crippen LogP contribution < -0.4 is 16.7 Å². The number of carbonyl (C=O) groups is 2. The van der Waals surface area contributed by atoms with Crippen molar-refractivity contribution in [1.29, 1.82) is 0 Å². The van der Waals surface area contributed by atoms with Gasteiger partial charge in [0, 0.05) is 35.2 Å². The molecule has 4 heterocycles. The lowest BCUT2D eigenvalue weighted by Gasteiger charge is -2.07. The van der Waals surface area contributed by atoms with E-state index in [0.717, 1.165) is 13.8 Å². The van der Waals surface area contributed by atoms with Gasteiger partial charge < -0.3 is 10.2 Å². The number of aromatic nitrogens is 10. The fourth-order valence-electron chi connectivity index (χ4n) is 2.40. The van der Waals surface area contributed by atoms with Gasteiger partial charge in [0.2, 0.25) is 0 Å². The van der Waals surface area contributed by atoms with Crippen LogP contribution in [0.1, 0.15) is 21.0 Å². The zero-order chi connectivity index (χ0) is 22.9. The Kier molecular flexibility index (Phi) is 5.54. The molecule has 162 valence electrons. The Morgan fingerprint density at radius 1 is 0.871 bits per heavy atom. The smallest absolute Gasteiger partial charge is 0.352 e. The maximum absolute atomic E-state index is 11.7. The van der Waals surface area contributed by atoms with Gasteiger partial charge in [0.1, 0.15) is 12.7 Å². The first kappa shape index (κ1) is 21.2. The van der Waals surface area contributed by atoms with Crippen molar-refractivity contribution in [3.63, 3.8) is 0 Å². The van der Waals surface area contributed by atoms with Gasteiger partial charge in [-0.25, -0.2) is 28.4 Å². The number of hydrogen-bond donors (Lipinski definition) is 1. The Labute approximate surface area is 172 Å². The first-order chi connectivity index (χ1) is 14.7. The van der Waals surface area contributed by atoms with Crippen molar-refractivity contribution in [3.05, 3.63) is 45.0 Å². The maximum atomic E-state index is 11.7. The van der Waals surface area contributed by atoms with E-state index in [0.29, 0.717) is 0 Å². The molecule has 0 aliphatic rings. The zero-order valence-electron chi connectivity index (χ0n) is 17.2. The lowest BCUT2D eigenvalue weighted by Crippen LogP contribution is -2.28. The van der Waals surface area contributed by atoms with Gasteiger partial charge in [-0.15, -0.1) is 10.2 Å². The van der Waals surface area contributed by atoms with Crippen LogP contribution in [-0.4, -0.2) is 86.6 Å². The van der Waals surface area contributed by atoms with Crippen LogP contribution in [0.2, 0.25) is 0 Å². The summed E-state index contributed by atoms with van der Waals surface area (Å²) in [6.07, 6.45) is 2.51. The summed E-state index contributed by atoms with van der Waals surface area (Å²) in [7, 11) is 7.61. The van der Waals surface area contributed by atoms with Crippen LogP contribution in [0.25, 0.3) is 11.3 Å². The maximum Gasteiger partial charge on any atom is 0.352 e. The van der Waals surface area contributed by atoms with Crippen LogP contribution in [0.15, 0.2) is 22.2 Å². The second-order valence-electron chi connectivity index (χ2n) is 6.34. The van der Waals surface area contributed by atoms with E-state index in [1.165, 1.54) is 43.1 Å². The summed E-state index contributed by atoms with van der Waals surface area (Å²) in [5.74, 6) is -0.717. The fourth-order valence-corrected chi connectivity index (χ4v) is 2.40. The van der Waals surface area contributed by atoms with Crippen LogP contribution >= 0.6 is 0 Å². The number of nitrogens with one attached hydrogen (secondary N) is 1. The van der Waals surface area contributed by atoms with Crippen molar-refractivity contribution in [2.75, 3.05) is 21.1 Å². The summed E-state index contributed by atoms with van der Waals surface area (Å²) >= 11 is 0. The molecular weight excluding hydrogens is 412 g/mol. The van der Waals surface area contributed by atoms with Crippen molar-refractivity contribution in [3.8, 4) is 0 Å². The largest absolute Gasteiger partial charge is 0.354 e.